The third-order valence-corrected chi connectivity index (χ3v) is 2.97. The van der Waals surface area contributed by atoms with Crippen molar-refractivity contribution < 1.29 is 9.90 Å². The van der Waals surface area contributed by atoms with Crippen LogP contribution < -0.4 is 0 Å². The van der Waals surface area contributed by atoms with E-state index < -0.39 is 0 Å². The third kappa shape index (κ3) is 2.05. The first kappa shape index (κ1) is 9.24. The second-order valence-electron chi connectivity index (χ2n) is 1.94. The summed E-state index contributed by atoms with van der Waals surface area (Å²) < 4.78 is 1.56. The third-order valence-electron chi connectivity index (χ3n) is 1.18. The van der Waals surface area contributed by atoms with E-state index in [1.807, 2.05) is 45.2 Å². The lowest BCUT2D eigenvalue weighted by Crippen LogP contribution is -1.89. The number of aldehydes is 1. The van der Waals surface area contributed by atoms with Crippen LogP contribution in [0.25, 0.3) is 0 Å². The van der Waals surface area contributed by atoms with Gasteiger partial charge in [-0.3, -0.25) is 4.79 Å². The fourth-order valence-electron chi connectivity index (χ4n) is 0.684. The summed E-state index contributed by atoms with van der Waals surface area (Å²) >= 11 is 4.03. The summed E-state index contributed by atoms with van der Waals surface area (Å²) in [6.07, 6.45) is 0.795. The molecular weight excluding hydrogens is 370 g/mol. The first-order chi connectivity index (χ1) is 5.15. The van der Waals surface area contributed by atoms with Crippen LogP contribution in [0.15, 0.2) is 12.1 Å². The van der Waals surface area contributed by atoms with Crippen LogP contribution in [0.5, 0.6) is 5.75 Å². The van der Waals surface area contributed by atoms with Gasteiger partial charge in [-0.1, -0.05) is 0 Å². The first-order valence-corrected chi connectivity index (χ1v) is 4.94. The van der Waals surface area contributed by atoms with Gasteiger partial charge in [-0.2, -0.15) is 0 Å². The van der Waals surface area contributed by atoms with E-state index in [2.05, 4.69) is 0 Å². The second-order valence-corrected chi connectivity index (χ2v) is 4.27. The smallest absolute Gasteiger partial charge is 0.152 e. The Morgan fingerprint density at radius 1 is 1.27 bits per heavy atom. The summed E-state index contributed by atoms with van der Waals surface area (Å²) in [6.45, 7) is 0. The molecule has 0 aliphatic carbocycles. The molecule has 0 bridgehead atoms. The van der Waals surface area contributed by atoms with Crippen LogP contribution in [-0.2, 0) is 0 Å². The van der Waals surface area contributed by atoms with Gasteiger partial charge in [0, 0.05) is 12.7 Å². The topological polar surface area (TPSA) is 37.3 Å². The van der Waals surface area contributed by atoms with Gasteiger partial charge in [-0.15, -0.1) is 0 Å². The van der Waals surface area contributed by atoms with Crippen LogP contribution in [-0.4, -0.2) is 11.4 Å². The minimum atomic E-state index is 0.199. The maximum absolute atomic E-state index is 10.5. The highest BCUT2D eigenvalue weighted by Gasteiger charge is 2.04. The molecule has 2 nitrogen and oxygen atoms in total. The van der Waals surface area contributed by atoms with Crippen molar-refractivity contribution in [2.45, 2.75) is 0 Å². The fourth-order valence-corrected chi connectivity index (χ4v) is 2.67. The summed E-state index contributed by atoms with van der Waals surface area (Å²) in [5, 5.41) is 9.09. The Kier molecular flexibility index (Phi) is 3.11. The Morgan fingerprint density at radius 3 is 2.09 bits per heavy atom. The SMILES string of the molecule is O=Cc1c(I)cc(O)cc1I. The van der Waals surface area contributed by atoms with Gasteiger partial charge in [0.2, 0.25) is 0 Å². The molecule has 58 valence electrons. The number of phenolic OH excluding ortho intramolecular Hbond substituents is 1. The first-order valence-electron chi connectivity index (χ1n) is 2.78. The Bertz CT molecular complexity index is 273. The average molecular weight is 374 g/mol. The number of benzene rings is 1. The van der Waals surface area contributed by atoms with Crippen molar-refractivity contribution in [1.82, 2.24) is 0 Å². The van der Waals surface area contributed by atoms with Crippen LogP contribution in [0.2, 0.25) is 0 Å². The molecule has 0 saturated carbocycles. The molecular formula is C7H4I2O2. The summed E-state index contributed by atoms with van der Waals surface area (Å²) in [4.78, 5) is 10.5. The molecule has 0 atom stereocenters. The van der Waals surface area contributed by atoms with Crippen molar-refractivity contribution in [1.29, 1.82) is 0 Å². The lowest BCUT2D eigenvalue weighted by atomic mass is 10.2. The predicted molar refractivity (Wildman–Crippen MR) is 58.9 cm³/mol. The molecule has 0 radical (unpaired) electrons. The molecule has 4 heteroatoms. The number of aromatic hydroxyl groups is 1. The van der Waals surface area contributed by atoms with Crippen molar-refractivity contribution in [3.63, 3.8) is 0 Å². The van der Waals surface area contributed by atoms with Crippen LogP contribution in [0.3, 0.4) is 0 Å². The second kappa shape index (κ2) is 3.70. The molecule has 0 aliphatic heterocycles. The monoisotopic (exact) mass is 374 g/mol. The van der Waals surface area contributed by atoms with Gasteiger partial charge in [0.1, 0.15) is 5.75 Å². The minimum absolute atomic E-state index is 0.199. The van der Waals surface area contributed by atoms with Crippen LogP contribution >= 0.6 is 45.2 Å². The molecule has 11 heavy (non-hydrogen) atoms. The zero-order valence-corrected chi connectivity index (χ0v) is 9.66. The van der Waals surface area contributed by atoms with E-state index in [-0.39, 0.29) is 5.75 Å². The maximum atomic E-state index is 10.5. The van der Waals surface area contributed by atoms with Crippen molar-refractivity contribution in [2.75, 3.05) is 0 Å². The number of carbonyl (C=O) groups is 1. The zero-order chi connectivity index (χ0) is 8.43. The van der Waals surface area contributed by atoms with E-state index in [1.54, 1.807) is 12.1 Å². The standard InChI is InChI=1S/C7H4I2O2/c8-6-1-4(11)2-7(9)5(6)3-10/h1-3,11H. The van der Waals surface area contributed by atoms with Crippen molar-refractivity contribution in [3.8, 4) is 5.75 Å². The molecule has 0 fully saturated rings. The molecule has 1 aromatic carbocycles. The summed E-state index contributed by atoms with van der Waals surface area (Å²) in [7, 11) is 0. The number of hydrogen-bond acceptors (Lipinski definition) is 2. The highest BCUT2D eigenvalue weighted by molar-refractivity contribution is 14.1. The zero-order valence-electron chi connectivity index (χ0n) is 5.34. The molecule has 1 rings (SSSR count). The molecule has 0 saturated heterocycles. The lowest BCUT2D eigenvalue weighted by molar-refractivity contribution is 0.112. The summed E-state index contributed by atoms with van der Waals surface area (Å²) in [5.74, 6) is 0.199. The minimum Gasteiger partial charge on any atom is -0.508 e. The molecule has 0 heterocycles. The molecule has 1 N–H and O–H groups in total. The fraction of sp³-hybridized carbons (Fsp3) is 0. The highest BCUT2D eigenvalue weighted by Crippen LogP contribution is 2.23. The van der Waals surface area contributed by atoms with E-state index >= 15 is 0 Å². The van der Waals surface area contributed by atoms with Crippen LogP contribution in [0.4, 0.5) is 0 Å². The molecule has 0 unspecified atom stereocenters. The molecule has 1 aromatic rings. The Labute approximate surface area is 91.3 Å². The molecule has 0 spiro atoms. The molecule has 0 aromatic heterocycles. The maximum Gasteiger partial charge on any atom is 0.152 e. The highest BCUT2D eigenvalue weighted by atomic mass is 127. The van der Waals surface area contributed by atoms with E-state index in [9.17, 15) is 4.79 Å². The van der Waals surface area contributed by atoms with Gasteiger partial charge < -0.3 is 5.11 Å². The Hall–Kier alpha value is 0.150. The average Bonchev–Trinajstić information content (AvgIpc) is 1.85. The van der Waals surface area contributed by atoms with Crippen LogP contribution in [0, 0.1) is 7.14 Å². The lowest BCUT2D eigenvalue weighted by Gasteiger charge is -2.00. The number of halogens is 2. The van der Waals surface area contributed by atoms with E-state index in [0.29, 0.717) is 5.56 Å². The quantitative estimate of drug-likeness (QED) is 0.606. The van der Waals surface area contributed by atoms with Gasteiger partial charge in [0.05, 0.1) is 0 Å². The van der Waals surface area contributed by atoms with E-state index in [1.165, 1.54) is 0 Å². The largest absolute Gasteiger partial charge is 0.508 e. The number of phenols is 1. The summed E-state index contributed by atoms with van der Waals surface area (Å²) in [5.41, 5.74) is 0.643. The van der Waals surface area contributed by atoms with Crippen molar-refractivity contribution in [2.24, 2.45) is 0 Å². The van der Waals surface area contributed by atoms with Crippen molar-refractivity contribution >= 4 is 51.5 Å². The number of rotatable bonds is 1. The number of carbonyl (C=O) groups excluding carboxylic acids is 1. The van der Waals surface area contributed by atoms with E-state index in [4.69, 9.17) is 5.11 Å². The molecule has 0 aliphatic rings. The molecule has 0 amide bonds. The Morgan fingerprint density at radius 2 is 1.73 bits per heavy atom. The Balaban J connectivity index is 3.36. The van der Waals surface area contributed by atoms with E-state index in [0.717, 1.165) is 13.4 Å². The van der Waals surface area contributed by atoms with Gasteiger partial charge in [0.15, 0.2) is 6.29 Å². The van der Waals surface area contributed by atoms with Gasteiger partial charge in [-0.25, -0.2) is 0 Å². The van der Waals surface area contributed by atoms with Gasteiger partial charge in [-0.05, 0) is 57.3 Å². The predicted octanol–water partition coefficient (Wildman–Crippen LogP) is 2.41. The van der Waals surface area contributed by atoms with Crippen LogP contribution in [0.1, 0.15) is 10.4 Å². The normalized spacial score (nSPS) is 9.64. The summed E-state index contributed by atoms with van der Waals surface area (Å²) in [6, 6.07) is 3.12. The van der Waals surface area contributed by atoms with Gasteiger partial charge >= 0.3 is 0 Å². The van der Waals surface area contributed by atoms with Crippen molar-refractivity contribution in [3.05, 3.63) is 24.8 Å². The number of hydrogen-bond donors (Lipinski definition) is 1. The van der Waals surface area contributed by atoms with Gasteiger partial charge in [0.25, 0.3) is 0 Å².